The second-order valence-corrected chi connectivity index (χ2v) is 7.95. The van der Waals surface area contributed by atoms with Gasteiger partial charge in [0.05, 0.1) is 5.52 Å². The van der Waals surface area contributed by atoms with Gasteiger partial charge in [-0.1, -0.05) is 5.21 Å². The number of benzene rings is 1. The molecule has 2 fully saturated rings. The molecular formula is C19H28N6O. The number of likely N-dealkylation sites (N-methyl/N-ethyl adjacent to an activating group) is 1. The van der Waals surface area contributed by atoms with Crippen molar-refractivity contribution in [3.8, 4) is 0 Å². The van der Waals surface area contributed by atoms with E-state index in [1.165, 1.54) is 0 Å². The third-order valence-electron chi connectivity index (χ3n) is 6.28. The molecule has 7 nitrogen and oxygen atoms in total. The maximum atomic E-state index is 13.2. The van der Waals surface area contributed by atoms with E-state index in [0.717, 1.165) is 63.0 Å². The van der Waals surface area contributed by atoms with E-state index in [2.05, 4.69) is 39.1 Å². The first kappa shape index (κ1) is 17.4. The van der Waals surface area contributed by atoms with Gasteiger partial charge in [-0.25, -0.2) is 4.68 Å². The molecule has 0 unspecified atom stereocenters. The van der Waals surface area contributed by atoms with Crippen molar-refractivity contribution >= 4 is 16.9 Å². The number of carbonyl (C=O) groups is 1. The molecule has 2 aliphatic rings. The Hall–Kier alpha value is -1.99. The zero-order valence-corrected chi connectivity index (χ0v) is 16.0. The van der Waals surface area contributed by atoms with E-state index in [1.807, 2.05) is 25.2 Å². The smallest absolute Gasteiger partial charge is 0.253 e. The number of likely N-dealkylation sites (tertiary alicyclic amines) is 1. The van der Waals surface area contributed by atoms with Gasteiger partial charge in [0.1, 0.15) is 5.52 Å². The van der Waals surface area contributed by atoms with Gasteiger partial charge in [0.2, 0.25) is 0 Å². The number of carbonyl (C=O) groups excluding carboxylic acids is 1. The highest BCUT2D eigenvalue weighted by Crippen LogP contribution is 2.31. The quantitative estimate of drug-likeness (QED) is 0.769. The summed E-state index contributed by atoms with van der Waals surface area (Å²) in [6, 6.07) is 5.72. The van der Waals surface area contributed by atoms with Crippen LogP contribution in [0.2, 0.25) is 0 Å². The Morgan fingerprint density at radius 3 is 2.62 bits per heavy atom. The Morgan fingerprint density at radius 2 is 1.85 bits per heavy atom. The lowest BCUT2D eigenvalue weighted by Gasteiger charge is -2.47. The standard InChI is InChI=1S/C19H28N6O/c1-22-11-7-19(8-12-22)14-25(10-4-9-23(19)2)18(26)15-5-6-17-16(13-15)20-21-24(17)3/h5-6,13H,4,7-12,14H2,1-3H3. The fourth-order valence-corrected chi connectivity index (χ4v) is 4.40. The average Bonchev–Trinajstić information content (AvgIpc) is 2.94. The fourth-order valence-electron chi connectivity index (χ4n) is 4.40. The monoisotopic (exact) mass is 356 g/mol. The van der Waals surface area contributed by atoms with E-state index in [4.69, 9.17) is 0 Å². The SMILES string of the molecule is CN1CCC2(CC1)CN(C(=O)c1ccc3c(c1)nnn3C)CCCN2C. The zero-order chi connectivity index (χ0) is 18.3. The highest BCUT2D eigenvalue weighted by atomic mass is 16.2. The molecular weight excluding hydrogens is 328 g/mol. The predicted octanol–water partition coefficient (Wildman–Crippen LogP) is 1.21. The van der Waals surface area contributed by atoms with Gasteiger partial charge in [0, 0.05) is 37.8 Å². The maximum absolute atomic E-state index is 13.2. The summed E-state index contributed by atoms with van der Waals surface area (Å²) < 4.78 is 1.73. The normalized spacial score (nSPS) is 22.0. The third-order valence-corrected chi connectivity index (χ3v) is 6.28. The predicted molar refractivity (Wildman–Crippen MR) is 101 cm³/mol. The number of piperidine rings is 1. The van der Waals surface area contributed by atoms with E-state index in [9.17, 15) is 4.79 Å². The Labute approximate surface area is 154 Å². The van der Waals surface area contributed by atoms with Crippen molar-refractivity contribution in [1.82, 2.24) is 29.7 Å². The minimum Gasteiger partial charge on any atom is -0.337 e. The summed E-state index contributed by atoms with van der Waals surface area (Å²) in [6.07, 6.45) is 3.26. The lowest BCUT2D eigenvalue weighted by molar-refractivity contribution is 0.0317. The summed E-state index contributed by atoms with van der Waals surface area (Å²) in [5.74, 6) is 0.117. The second-order valence-electron chi connectivity index (χ2n) is 7.95. The fraction of sp³-hybridized carbons (Fsp3) is 0.632. The van der Waals surface area contributed by atoms with Crippen LogP contribution in [0.25, 0.3) is 11.0 Å². The van der Waals surface area contributed by atoms with Gasteiger partial charge in [-0.15, -0.1) is 5.10 Å². The lowest BCUT2D eigenvalue weighted by atomic mass is 9.85. The number of nitrogens with zero attached hydrogens (tertiary/aromatic N) is 6. The molecule has 1 aromatic heterocycles. The van der Waals surface area contributed by atoms with Crippen LogP contribution >= 0.6 is 0 Å². The number of hydrogen-bond acceptors (Lipinski definition) is 5. The van der Waals surface area contributed by atoms with Crippen LogP contribution in [0.3, 0.4) is 0 Å². The summed E-state index contributed by atoms with van der Waals surface area (Å²) in [5.41, 5.74) is 2.55. The molecule has 140 valence electrons. The molecule has 2 aromatic rings. The number of hydrogen-bond donors (Lipinski definition) is 0. The highest BCUT2D eigenvalue weighted by molar-refractivity contribution is 5.97. The molecule has 4 rings (SSSR count). The third kappa shape index (κ3) is 2.99. The molecule has 1 spiro atoms. The Balaban J connectivity index is 1.59. The first-order valence-corrected chi connectivity index (χ1v) is 9.47. The van der Waals surface area contributed by atoms with Crippen LogP contribution in [-0.2, 0) is 7.05 Å². The van der Waals surface area contributed by atoms with Gasteiger partial charge >= 0.3 is 0 Å². The van der Waals surface area contributed by atoms with Crippen molar-refractivity contribution in [3.05, 3.63) is 23.8 Å². The van der Waals surface area contributed by atoms with Gasteiger partial charge in [-0.3, -0.25) is 9.69 Å². The molecule has 2 aliphatic heterocycles. The topological polar surface area (TPSA) is 57.5 Å². The number of rotatable bonds is 1. The van der Waals surface area contributed by atoms with Crippen LogP contribution in [0.5, 0.6) is 0 Å². The van der Waals surface area contributed by atoms with Gasteiger partial charge in [0.15, 0.2) is 0 Å². The van der Waals surface area contributed by atoms with Gasteiger partial charge in [0.25, 0.3) is 5.91 Å². The summed E-state index contributed by atoms with van der Waals surface area (Å²) >= 11 is 0. The zero-order valence-electron chi connectivity index (χ0n) is 16.0. The molecule has 3 heterocycles. The Bertz CT molecular complexity index is 807. The minimum absolute atomic E-state index is 0.106. The van der Waals surface area contributed by atoms with Crippen LogP contribution in [-0.4, -0.2) is 88.0 Å². The van der Waals surface area contributed by atoms with E-state index in [0.29, 0.717) is 5.56 Å². The largest absolute Gasteiger partial charge is 0.337 e. The van der Waals surface area contributed by atoms with E-state index in [-0.39, 0.29) is 11.4 Å². The Morgan fingerprint density at radius 1 is 1.08 bits per heavy atom. The highest BCUT2D eigenvalue weighted by Gasteiger charge is 2.41. The van der Waals surface area contributed by atoms with E-state index >= 15 is 0 Å². The summed E-state index contributed by atoms with van der Waals surface area (Å²) in [6.45, 7) is 4.88. The second kappa shape index (κ2) is 6.63. The number of aromatic nitrogens is 3. The molecule has 0 atom stereocenters. The summed E-state index contributed by atoms with van der Waals surface area (Å²) in [4.78, 5) is 20.2. The number of aryl methyl sites for hydroxylation is 1. The maximum Gasteiger partial charge on any atom is 0.253 e. The minimum atomic E-state index is 0.106. The molecule has 2 saturated heterocycles. The van der Waals surface area contributed by atoms with Crippen LogP contribution in [0.4, 0.5) is 0 Å². The van der Waals surface area contributed by atoms with Crippen molar-refractivity contribution in [2.45, 2.75) is 24.8 Å². The molecule has 0 N–H and O–H groups in total. The van der Waals surface area contributed by atoms with Crippen molar-refractivity contribution in [1.29, 1.82) is 0 Å². The molecule has 0 radical (unpaired) electrons. The molecule has 26 heavy (non-hydrogen) atoms. The lowest BCUT2D eigenvalue weighted by Crippen LogP contribution is -2.58. The summed E-state index contributed by atoms with van der Waals surface area (Å²) in [5, 5.41) is 8.20. The number of fused-ring (bicyclic) bond motifs is 1. The average molecular weight is 356 g/mol. The molecule has 0 aliphatic carbocycles. The van der Waals surface area contributed by atoms with Crippen LogP contribution < -0.4 is 0 Å². The first-order chi connectivity index (χ1) is 12.5. The van der Waals surface area contributed by atoms with E-state index in [1.54, 1.807) is 4.68 Å². The molecule has 0 bridgehead atoms. The number of amides is 1. The van der Waals surface area contributed by atoms with Gasteiger partial charge in [-0.05, 0) is 64.6 Å². The van der Waals surface area contributed by atoms with Gasteiger partial charge < -0.3 is 9.80 Å². The van der Waals surface area contributed by atoms with Crippen molar-refractivity contribution in [2.75, 3.05) is 46.8 Å². The Kier molecular flexibility index (Phi) is 4.44. The first-order valence-electron chi connectivity index (χ1n) is 9.47. The van der Waals surface area contributed by atoms with Crippen LogP contribution in [0.15, 0.2) is 18.2 Å². The molecule has 1 aromatic carbocycles. The van der Waals surface area contributed by atoms with Crippen molar-refractivity contribution in [2.24, 2.45) is 7.05 Å². The van der Waals surface area contributed by atoms with Crippen LogP contribution in [0, 0.1) is 0 Å². The van der Waals surface area contributed by atoms with Crippen LogP contribution in [0.1, 0.15) is 29.6 Å². The van der Waals surface area contributed by atoms with Crippen molar-refractivity contribution in [3.63, 3.8) is 0 Å². The molecule has 7 heteroatoms. The summed E-state index contributed by atoms with van der Waals surface area (Å²) in [7, 11) is 6.28. The molecule has 1 amide bonds. The van der Waals surface area contributed by atoms with E-state index < -0.39 is 0 Å². The molecule has 0 saturated carbocycles. The van der Waals surface area contributed by atoms with Gasteiger partial charge in [-0.2, -0.15) is 0 Å². The van der Waals surface area contributed by atoms with Crippen molar-refractivity contribution < 1.29 is 4.79 Å².